The number of rotatable bonds is 7. The fourth-order valence-corrected chi connectivity index (χ4v) is 1.66. The molecule has 0 spiro atoms. The molecule has 3 nitrogen and oxygen atoms in total. The molecule has 0 bridgehead atoms. The van der Waals surface area contributed by atoms with Crippen LogP contribution in [0, 0.1) is 0 Å². The van der Waals surface area contributed by atoms with Crippen LogP contribution in [0.1, 0.15) is 18.9 Å². The van der Waals surface area contributed by atoms with E-state index in [1.165, 1.54) is 5.56 Å². The zero-order valence-electron chi connectivity index (χ0n) is 10.3. The molecule has 0 radical (unpaired) electrons. The van der Waals surface area contributed by atoms with Crippen LogP contribution in [0.15, 0.2) is 24.3 Å². The van der Waals surface area contributed by atoms with E-state index in [2.05, 4.69) is 18.0 Å². The van der Waals surface area contributed by atoms with Crippen molar-refractivity contribution in [3.05, 3.63) is 29.8 Å². The van der Waals surface area contributed by atoms with Gasteiger partial charge in [0.1, 0.15) is 0 Å². The maximum atomic E-state index is 5.74. The molecule has 0 aromatic heterocycles. The minimum Gasteiger partial charge on any atom is -0.399 e. The van der Waals surface area contributed by atoms with Crippen LogP contribution in [0.4, 0.5) is 5.69 Å². The van der Waals surface area contributed by atoms with Gasteiger partial charge in [0.15, 0.2) is 0 Å². The fourth-order valence-electron chi connectivity index (χ4n) is 1.66. The number of nitrogens with zero attached hydrogens (tertiary/aromatic N) is 1. The Kier molecular flexibility index (Phi) is 5.90. The van der Waals surface area contributed by atoms with Gasteiger partial charge in [-0.3, -0.25) is 0 Å². The zero-order chi connectivity index (χ0) is 11.8. The number of hydrogen-bond acceptors (Lipinski definition) is 3. The Bertz CT molecular complexity index is 302. The second-order valence-electron chi connectivity index (χ2n) is 4.03. The van der Waals surface area contributed by atoms with E-state index in [1.54, 1.807) is 0 Å². The van der Waals surface area contributed by atoms with Gasteiger partial charge in [-0.05, 0) is 38.1 Å². The van der Waals surface area contributed by atoms with E-state index in [-0.39, 0.29) is 0 Å². The molecule has 2 N–H and O–H groups in total. The minimum atomic E-state index is 0.804. The average Bonchev–Trinajstić information content (AvgIpc) is 2.24. The molecular weight excluding hydrogens is 200 g/mol. The summed E-state index contributed by atoms with van der Waals surface area (Å²) in [7, 11) is 2.12. The molecule has 0 atom stereocenters. The largest absolute Gasteiger partial charge is 0.399 e. The molecule has 0 amide bonds. The molecule has 0 saturated carbocycles. The first-order chi connectivity index (χ1) is 7.72. The van der Waals surface area contributed by atoms with Crippen molar-refractivity contribution in [2.24, 2.45) is 0 Å². The van der Waals surface area contributed by atoms with Crippen LogP contribution in [-0.2, 0) is 11.3 Å². The molecule has 1 aromatic carbocycles. The van der Waals surface area contributed by atoms with Crippen LogP contribution in [0.25, 0.3) is 0 Å². The van der Waals surface area contributed by atoms with Crippen LogP contribution in [0.5, 0.6) is 0 Å². The topological polar surface area (TPSA) is 38.5 Å². The van der Waals surface area contributed by atoms with Crippen molar-refractivity contribution in [3.8, 4) is 0 Å². The van der Waals surface area contributed by atoms with Crippen LogP contribution >= 0.6 is 0 Å². The summed E-state index contributed by atoms with van der Waals surface area (Å²) in [4.78, 5) is 2.29. The Morgan fingerprint density at radius 1 is 1.38 bits per heavy atom. The Morgan fingerprint density at radius 3 is 2.88 bits per heavy atom. The van der Waals surface area contributed by atoms with Crippen molar-refractivity contribution in [2.75, 3.05) is 32.5 Å². The molecule has 1 rings (SSSR count). The molecule has 0 saturated heterocycles. The second-order valence-corrected chi connectivity index (χ2v) is 4.03. The average molecular weight is 222 g/mol. The fraction of sp³-hybridized carbons (Fsp3) is 0.538. The summed E-state index contributed by atoms with van der Waals surface area (Å²) in [5.41, 5.74) is 7.83. The maximum absolute atomic E-state index is 5.74. The lowest BCUT2D eigenvalue weighted by molar-refractivity contribution is 0.135. The van der Waals surface area contributed by atoms with Gasteiger partial charge in [0, 0.05) is 32.0 Å². The van der Waals surface area contributed by atoms with Crippen LogP contribution in [0.3, 0.4) is 0 Å². The lowest BCUT2D eigenvalue weighted by atomic mass is 10.2. The van der Waals surface area contributed by atoms with Gasteiger partial charge in [0.05, 0.1) is 0 Å². The zero-order valence-corrected chi connectivity index (χ0v) is 10.3. The van der Waals surface area contributed by atoms with Gasteiger partial charge in [-0.15, -0.1) is 0 Å². The van der Waals surface area contributed by atoms with Crippen molar-refractivity contribution >= 4 is 5.69 Å². The summed E-state index contributed by atoms with van der Waals surface area (Å²) in [6.07, 6.45) is 1.08. The molecule has 1 aromatic rings. The Labute approximate surface area is 98.2 Å². The lowest BCUT2D eigenvalue weighted by Crippen LogP contribution is -2.20. The summed E-state index contributed by atoms with van der Waals surface area (Å²) in [5.74, 6) is 0. The quantitative estimate of drug-likeness (QED) is 0.567. The lowest BCUT2D eigenvalue weighted by Gasteiger charge is -2.16. The Balaban J connectivity index is 2.25. The normalized spacial score (nSPS) is 10.9. The van der Waals surface area contributed by atoms with E-state index in [0.717, 1.165) is 38.4 Å². The highest BCUT2D eigenvalue weighted by Crippen LogP contribution is 2.08. The van der Waals surface area contributed by atoms with Crippen LogP contribution in [0.2, 0.25) is 0 Å². The van der Waals surface area contributed by atoms with Gasteiger partial charge < -0.3 is 15.4 Å². The SMILES string of the molecule is CCOCCCN(C)Cc1cccc(N)c1. The van der Waals surface area contributed by atoms with Gasteiger partial charge in [0.25, 0.3) is 0 Å². The summed E-state index contributed by atoms with van der Waals surface area (Å²) in [5, 5.41) is 0. The molecule has 0 unspecified atom stereocenters. The van der Waals surface area contributed by atoms with E-state index in [4.69, 9.17) is 10.5 Å². The number of benzene rings is 1. The Hall–Kier alpha value is -1.06. The van der Waals surface area contributed by atoms with E-state index >= 15 is 0 Å². The van der Waals surface area contributed by atoms with Crippen LogP contribution in [-0.4, -0.2) is 31.7 Å². The highest BCUT2D eigenvalue weighted by atomic mass is 16.5. The van der Waals surface area contributed by atoms with Crippen molar-refractivity contribution in [3.63, 3.8) is 0 Å². The van der Waals surface area contributed by atoms with Crippen LogP contribution < -0.4 is 5.73 Å². The van der Waals surface area contributed by atoms with Crippen molar-refractivity contribution in [1.82, 2.24) is 4.90 Å². The first-order valence-electron chi connectivity index (χ1n) is 5.83. The standard InChI is InChI=1S/C13H22N2O/c1-3-16-9-5-8-15(2)11-12-6-4-7-13(14)10-12/h4,6-7,10H,3,5,8-9,11,14H2,1-2H3. The third-order valence-electron chi connectivity index (χ3n) is 2.44. The highest BCUT2D eigenvalue weighted by molar-refractivity contribution is 5.40. The molecule has 16 heavy (non-hydrogen) atoms. The van der Waals surface area contributed by atoms with Gasteiger partial charge in [-0.2, -0.15) is 0 Å². The first-order valence-corrected chi connectivity index (χ1v) is 5.83. The summed E-state index contributed by atoms with van der Waals surface area (Å²) in [6, 6.07) is 8.05. The first kappa shape index (κ1) is 13.0. The molecule has 0 fully saturated rings. The monoisotopic (exact) mass is 222 g/mol. The number of hydrogen-bond donors (Lipinski definition) is 1. The summed E-state index contributed by atoms with van der Waals surface area (Å²) < 4.78 is 5.31. The summed E-state index contributed by atoms with van der Waals surface area (Å²) in [6.45, 7) is 5.67. The molecule has 90 valence electrons. The third kappa shape index (κ3) is 5.14. The van der Waals surface area contributed by atoms with Gasteiger partial charge in [-0.25, -0.2) is 0 Å². The summed E-state index contributed by atoms with van der Waals surface area (Å²) >= 11 is 0. The molecule has 0 aliphatic heterocycles. The number of ether oxygens (including phenoxy) is 1. The second kappa shape index (κ2) is 7.25. The predicted molar refractivity (Wildman–Crippen MR) is 68.3 cm³/mol. The highest BCUT2D eigenvalue weighted by Gasteiger charge is 2.00. The Morgan fingerprint density at radius 2 is 2.19 bits per heavy atom. The van der Waals surface area contributed by atoms with Crippen molar-refractivity contribution < 1.29 is 4.74 Å². The molecule has 3 heteroatoms. The minimum absolute atomic E-state index is 0.804. The van der Waals surface area contributed by atoms with Gasteiger partial charge in [-0.1, -0.05) is 12.1 Å². The maximum Gasteiger partial charge on any atom is 0.0478 e. The number of nitrogens with two attached hydrogens (primary N) is 1. The predicted octanol–water partition coefficient (Wildman–Crippen LogP) is 2.13. The number of nitrogen functional groups attached to an aromatic ring is 1. The number of anilines is 1. The smallest absolute Gasteiger partial charge is 0.0478 e. The third-order valence-corrected chi connectivity index (χ3v) is 2.44. The van der Waals surface area contributed by atoms with E-state index in [1.807, 2.05) is 25.1 Å². The van der Waals surface area contributed by atoms with E-state index in [9.17, 15) is 0 Å². The molecule has 0 heterocycles. The molecular formula is C13H22N2O. The molecule has 0 aliphatic rings. The van der Waals surface area contributed by atoms with Gasteiger partial charge >= 0.3 is 0 Å². The molecule has 0 aliphatic carbocycles. The van der Waals surface area contributed by atoms with Crippen molar-refractivity contribution in [2.45, 2.75) is 19.9 Å². The van der Waals surface area contributed by atoms with Gasteiger partial charge in [0.2, 0.25) is 0 Å². The van der Waals surface area contributed by atoms with E-state index in [0.29, 0.717) is 0 Å². The van der Waals surface area contributed by atoms with E-state index < -0.39 is 0 Å². The van der Waals surface area contributed by atoms with Crippen molar-refractivity contribution in [1.29, 1.82) is 0 Å².